The van der Waals surface area contributed by atoms with Gasteiger partial charge < -0.3 is 9.42 Å². The van der Waals surface area contributed by atoms with Gasteiger partial charge in [-0.25, -0.2) is 15.0 Å². The molecule has 0 radical (unpaired) electrons. The van der Waals surface area contributed by atoms with Crippen LogP contribution in [0.15, 0.2) is 47.2 Å². The first-order valence-corrected chi connectivity index (χ1v) is 8.85. The Hall–Kier alpha value is -3.20. The number of hydrogen-bond donors (Lipinski definition) is 0. The third-order valence-electron chi connectivity index (χ3n) is 4.20. The topological polar surface area (TPSA) is 97.9 Å². The molecular formula is C17H12N6O2S. The van der Waals surface area contributed by atoms with Crippen LogP contribution in [0, 0.1) is 0 Å². The molecule has 4 heterocycles. The lowest BCUT2D eigenvalue weighted by Gasteiger charge is -2.36. The van der Waals surface area contributed by atoms with Crippen molar-refractivity contribution in [2.75, 3.05) is 13.1 Å². The summed E-state index contributed by atoms with van der Waals surface area (Å²) in [5.41, 5.74) is 0.849. The lowest BCUT2D eigenvalue weighted by molar-refractivity contribution is 0.0569. The summed E-state index contributed by atoms with van der Waals surface area (Å²) < 4.78 is 6.32. The Kier molecular flexibility index (Phi) is 3.45. The number of aromatic nitrogens is 5. The Morgan fingerprint density at radius 1 is 1.08 bits per heavy atom. The van der Waals surface area contributed by atoms with Crippen LogP contribution in [0.1, 0.15) is 21.6 Å². The van der Waals surface area contributed by atoms with E-state index in [4.69, 9.17) is 4.52 Å². The highest BCUT2D eigenvalue weighted by Gasteiger charge is 2.37. The Labute approximate surface area is 151 Å². The van der Waals surface area contributed by atoms with E-state index in [1.807, 2.05) is 24.3 Å². The van der Waals surface area contributed by atoms with E-state index >= 15 is 0 Å². The van der Waals surface area contributed by atoms with E-state index in [0.29, 0.717) is 35.6 Å². The van der Waals surface area contributed by atoms with Crippen molar-refractivity contribution in [3.63, 3.8) is 0 Å². The number of para-hydroxylation sites is 1. The summed E-state index contributed by atoms with van der Waals surface area (Å²) in [6.07, 6.45) is 3.25. The van der Waals surface area contributed by atoms with Crippen LogP contribution in [-0.4, -0.2) is 49.0 Å². The molecule has 26 heavy (non-hydrogen) atoms. The zero-order valence-electron chi connectivity index (χ0n) is 13.4. The molecule has 0 aliphatic carbocycles. The predicted octanol–water partition coefficient (Wildman–Crippen LogP) is 2.38. The molecule has 128 valence electrons. The number of carbonyl (C=O) groups excluding carboxylic acids is 1. The summed E-state index contributed by atoms with van der Waals surface area (Å²) in [6.45, 7) is 1.07. The minimum atomic E-state index is -0.0615. The number of rotatable bonds is 3. The van der Waals surface area contributed by atoms with Crippen molar-refractivity contribution in [1.82, 2.24) is 30.0 Å². The van der Waals surface area contributed by atoms with E-state index in [9.17, 15) is 4.79 Å². The molecule has 0 N–H and O–H groups in total. The SMILES string of the molecule is O=C(c1nc2ccccc2s1)N1CC(c2nc(-c3ncccn3)no2)C1. The van der Waals surface area contributed by atoms with Gasteiger partial charge in [0.2, 0.25) is 17.5 Å². The minimum Gasteiger partial charge on any atom is -0.338 e. The lowest BCUT2D eigenvalue weighted by Crippen LogP contribution is -2.48. The molecular weight excluding hydrogens is 352 g/mol. The van der Waals surface area contributed by atoms with Crippen molar-refractivity contribution in [2.45, 2.75) is 5.92 Å². The van der Waals surface area contributed by atoms with Gasteiger partial charge in [-0.3, -0.25) is 4.79 Å². The molecule has 0 unspecified atom stereocenters. The van der Waals surface area contributed by atoms with Crippen LogP contribution in [0.4, 0.5) is 0 Å². The van der Waals surface area contributed by atoms with Crippen molar-refractivity contribution < 1.29 is 9.32 Å². The molecule has 3 aromatic heterocycles. The summed E-state index contributed by atoms with van der Waals surface area (Å²) in [4.78, 5) is 31.3. The zero-order chi connectivity index (χ0) is 17.5. The maximum absolute atomic E-state index is 12.6. The van der Waals surface area contributed by atoms with Gasteiger partial charge in [0.1, 0.15) is 0 Å². The lowest BCUT2D eigenvalue weighted by atomic mass is 10.0. The first-order chi connectivity index (χ1) is 12.8. The van der Waals surface area contributed by atoms with Gasteiger partial charge in [-0.1, -0.05) is 17.3 Å². The summed E-state index contributed by atoms with van der Waals surface area (Å²) in [5.74, 6) is 1.24. The van der Waals surface area contributed by atoms with Crippen molar-refractivity contribution >= 4 is 27.5 Å². The molecule has 0 atom stereocenters. The van der Waals surface area contributed by atoms with E-state index in [2.05, 4.69) is 25.1 Å². The van der Waals surface area contributed by atoms with Gasteiger partial charge in [-0.2, -0.15) is 4.98 Å². The molecule has 0 bridgehead atoms. The number of nitrogens with zero attached hydrogens (tertiary/aromatic N) is 6. The van der Waals surface area contributed by atoms with Gasteiger partial charge in [0.05, 0.1) is 16.1 Å². The third kappa shape index (κ3) is 2.53. The van der Waals surface area contributed by atoms with Crippen molar-refractivity contribution in [3.05, 3.63) is 53.6 Å². The predicted molar refractivity (Wildman–Crippen MR) is 93.6 cm³/mol. The molecule has 0 spiro atoms. The molecule has 0 saturated carbocycles. The molecule has 1 saturated heterocycles. The number of fused-ring (bicyclic) bond motifs is 1. The quantitative estimate of drug-likeness (QED) is 0.550. The number of benzene rings is 1. The first-order valence-electron chi connectivity index (χ1n) is 8.04. The smallest absolute Gasteiger partial charge is 0.282 e. The largest absolute Gasteiger partial charge is 0.338 e. The fraction of sp³-hybridized carbons (Fsp3) is 0.176. The molecule has 1 fully saturated rings. The number of thiazole rings is 1. The number of amides is 1. The number of likely N-dealkylation sites (tertiary alicyclic amines) is 1. The van der Waals surface area contributed by atoms with Crippen molar-refractivity contribution in [1.29, 1.82) is 0 Å². The van der Waals surface area contributed by atoms with Crippen molar-refractivity contribution in [3.8, 4) is 11.6 Å². The van der Waals surface area contributed by atoms with Gasteiger partial charge in [-0.15, -0.1) is 11.3 Å². The second-order valence-corrected chi connectivity index (χ2v) is 6.95. The fourth-order valence-corrected chi connectivity index (χ4v) is 3.74. The van der Waals surface area contributed by atoms with E-state index < -0.39 is 0 Å². The summed E-state index contributed by atoms with van der Waals surface area (Å²) in [5, 5.41) is 4.43. The maximum Gasteiger partial charge on any atom is 0.282 e. The first kappa shape index (κ1) is 15.1. The zero-order valence-corrected chi connectivity index (χ0v) is 14.3. The highest BCUT2D eigenvalue weighted by atomic mass is 32.1. The molecule has 9 heteroatoms. The summed E-state index contributed by atoms with van der Waals surface area (Å²) in [7, 11) is 0. The number of hydrogen-bond acceptors (Lipinski definition) is 8. The van der Waals surface area contributed by atoms with Gasteiger partial charge >= 0.3 is 0 Å². The standard InChI is InChI=1S/C17H12N6O2S/c24-17(16-20-11-4-1-2-5-12(11)26-16)23-8-10(9-23)15-21-14(22-25-15)13-18-6-3-7-19-13/h1-7,10H,8-9H2. The maximum atomic E-state index is 12.6. The Morgan fingerprint density at radius 2 is 1.88 bits per heavy atom. The van der Waals surface area contributed by atoms with E-state index in [1.54, 1.807) is 23.4 Å². The average molecular weight is 364 g/mol. The van der Waals surface area contributed by atoms with Crippen LogP contribution in [0.3, 0.4) is 0 Å². The number of carbonyl (C=O) groups is 1. The highest BCUT2D eigenvalue weighted by Crippen LogP contribution is 2.30. The van der Waals surface area contributed by atoms with Gasteiger partial charge in [0.25, 0.3) is 5.91 Å². The molecule has 1 aliphatic rings. The summed E-state index contributed by atoms with van der Waals surface area (Å²) >= 11 is 1.41. The molecule has 1 amide bonds. The minimum absolute atomic E-state index is 0.0262. The average Bonchev–Trinajstić information content (AvgIpc) is 3.28. The van der Waals surface area contributed by atoms with E-state index in [-0.39, 0.29) is 11.8 Å². The fourth-order valence-electron chi connectivity index (χ4n) is 2.81. The van der Waals surface area contributed by atoms with Crippen LogP contribution in [0.5, 0.6) is 0 Å². The second-order valence-electron chi connectivity index (χ2n) is 5.92. The molecule has 1 aliphatic heterocycles. The van der Waals surface area contributed by atoms with Crippen LogP contribution >= 0.6 is 11.3 Å². The second kappa shape index (κ2) is 5.95. The molecule has 1 aromatic carbocycles. The van der Waals surface area contributed by atoms with Crippen LogP contribution < -0.4 is 0 Å². The highest BCUT2D eigenvalue weighted by molar-refractivity contribution is 7.20. The molecule has 8 nitrogen and oxygen atoms in total. The van der Waals surface area contributed by atoms with Crippen LogP contribution in [0.2, 0.25) is 0 Å². The van der Waals surface area contributed by atoms with Crippen LogP contribution in [0.25, 0.3) is 21.9 Å². The van der Waals surface area contributed by atoms with E-state index in [0.717, 1.165) is 10.2 Å². The monoisotopic (exact) mass is 364 g/mol. The molecule has 5 rings (SSSR count). The normalized spacial score (nSPS) is 14.5. The Bertz CT molecular complexity index is 1050. The van der Waals surface area contributed by atoms with E-state index in [1.165, 1.54) is 11.3 Å². The van der Waals surface area contributed by atoms with Gasteiger partial charge in [-0.05, 0) is 18.2 Å². The molecule has 4 aromatic rings. The Balaban J connectivity index is 1.28. The van der Waals surface area contributed by atoms with Gasteiger partial charge in [0, 0.05) is 25.5 Å². The Morgan fingerprint density at radius 3 is 2.69 bits per heavy atom. The van der Waals surface area contributed by atoms with Crippen molar-refractivity contribution in [2.24, 2.45) is 0 Å². The third-order valence-corrected chi connectivity index (χ3v) is 5.23. The summed E-state index contributed by atoms with van der Waals surface area (Å²) in [6, 6.07) is 9.46. The van der Waals surface area contributed by atoms with Gasteiger partial charge in [0.15, 0.2) is 5.01 Å². The van der Waals surface area contributed by atoms with Crippen LogP contribution in [-0.2, 0) is 0 Å².